The first-order valence-electron chi connectivity index (χ1n) is 5.94. The quantitative estimate of drug-likeness (QED) is 0.796. The van der Waals surface area contributed by atoms with Gasteiger partial charge in [0.1, 0.15) is 0 Å². The molecule has 1 heterocycles. The van der Waals surface area contributed by atoms with Crippen molar-refractivity contribution in [1.29, 1.82) is 0 Å². The van der Waals surface area contributed by atoms with E-state index in [1.807, 2.05) is 12.4 Å². The third kappa shape index (κ3) is 1.91. The van der Waals surface area contributed by atoms with Crippen LogP contribution in [0.25, 0.3) is 0 Å². The minimum absolute atomic E-state index is 0.410. The van der Waals surface area contributed by atoms with Gasteiger partial charge < -0.3 is 5.32 Å². The van der Waals surface area contributed by atoms with Crippen LogP contribution < -0.4 is 5.32 Å². The van der Waals surface area contributed by atoms with Crippen molar-refractivity contribution in [3.63, 3.8) is 0 Å². The molecule has 0 radical (unpaired) electrons. The second kappa shape index (κ2) is 4.31. The molecule has 1 fully saturated rings. The summed E-state index contributed by atoms with van der Waals surface area (Å²) < 4.78 is 0. The molecule has 2 unspecified atom stereocenters. The molecule has 1 aromatic rings. The van der Waals surface area contributed by atoms with Crippen molar-refractivity contribution >= 4 is 0 Å². The standard InChI is InChI=1S/C13H20N2/c1-3-11-9-13(11,10-14-4-2)12-5-7-15-8-6-12/h5-8,11,14H,3-4,9-10H2,1-2H3. The molecule has 0 aliphatic heterocycles. The number of rotatable bonds is 5. The molecular weight excluding hydrogens is 184 g/mol. The highest BCUT2D eigenvalue weighted by atomic mass is 14.9. The van der Waals surface area contributed by atoms with Gasteiger partial charge in [-0.2, -0.15) is 0 Å². The van der Waals surface area contributed by atoms with E-state index in [1.165, 1.54) is 18.4 Å². The molecule has 2 atom stereocenters. The van der Waals surface area contributed by atoms with Gasteiger partial charge in [0.2, 0.25) is 0 Å². The van der Waals surface area contributed by atoms with E-state index in [4.69, 9.17) is 0 Å². The highest BCUT2D eigenvalue weighted by molar-refractivity contribution is 5.32. The Balaban J connectivity index is 2.15. The Kier molecular flexibility index (Phi) is 3.06. The Labute approximate surface area is 92.1 Å². The molecule has 1 aromatic heterocycles. The number of nitrogens with zero attached hydrogens (tertiary/aromatic N) is 1. The fourth-order valence-electron chi connectivity index (χ4n) is 2.62. The van der Waals surface area contributed by atoms with Crippen molar-refractivity contribution < 1.29 is 0 Å². The van der Waals surface area contributed by atoms with Crippen molar-refractivity contribution in [2.75, 3.05) is 13.1 Å². The fourth-order valence-corrected chi connectivity index (χ4v) is 2.62. The van der Waals surface area contributed by atoms with E-state index in [0.29, 0.717) is 5.41 Å². The van der Waals surface area contributed by atoms with E-state index < -0.39 is 0 Å². The van der Waals surface area contributed by atoms with Crippen LogP contribution in [-0.4, -0.2) is 18.1 Å². The summed E-state index contributed by atoms with van der Waals surface area (Å²) in [5.41, 5.74) is 1.87. The van der Waals surface area contributed by atoms with Crippen molar-refractivity contribution in [2.45, 2.75) is 32.1 Å². The summed E-state index contributed by atoms with van der Waals surface area (Å²) in [6, 6.07) is 4.35. The number of hydrogen-bond acceptors (Lipinski definition) is 2. The van der Waals surface area contributed by atoms with Crippen molar-refractivity contribution in [3.05, 3.63) is 30.1 Å². The van der Waals surface area contributed by atoms with Crippen molar-refractivity contribution in [3.8, 4) is 0 Å². The Bertz CT molecular complexity index is 310. The van der Waals surface area contributed by atoms with Crippen LogP contribution in [0.15, 0.2) is 24.5 Å². The van der Waals surface area contributed by atoms with Gasteiger partial charge in [-0.05, 0) is 36.6 Å². The van der Waals surface area contributed by atoms with Gasteiger partial charge in [-0.25, -0.2) is 0 Å². The average Bonchev–Trinajstić information content (AvgIpc) is 3.03. The molecule has 1 aliphatic carbocycles. The number of aromatic nitrogens is 1. The lowest BCUT2D eigenvalue weighted by molar-refractivity contribution is 0.533. The van der Waals surface area contributed by atoms with Gasteiger partial charge in [0.25, 0.3) is 0 Å². The van der Waals surface area contributed by atoms with Gasteiger partial charge in [0.05, 0.1) is 0 Å². The summed E-state index contributed by atoms with van der Waals surface area (Å²) in [5.74, 6) is 0.860. The van der Waals surface area contributed by atoms with Gasteiger partial charge in [-0.1, -0.05) is 20.3 Å². The molecule has 0 aromatic carbocycles. The molecule has 82 valence electrons. The van der Waals surface area contributed by atoms with E-state index in [1.54, 1.807) is 0 Å². The first-order chi connectivity index (χ1) is 7.33. The zero-order valence-electron chi connectivity index (χ0n) is 9.66. The van der Waals surface area contributed by atoms with Gasteiger partial charge in [0.15, 0.2) is 0 Å². The second-order valence-electron chi connectivity index (χ2n) is 4.48. The Morgan fingerprint density at radius 1 is 1.40 bits per heavy atom. The Morgan fingerprint density at radius 3 is 2.67 bits per heavy atom. The zero-order valence-corrected chi connectivity index (χ0v) is 9.66. The SMILES string of the molecule is CCNCC1(c2ccncc2)CC1CC. The smallest absolute Gasteiger partial charge is 0.0270 e. The molecule has 0 saturated heterocycles. The zero-order chi connectivity index (χ0) is 10.7. The molecule has 0 amide bonds. The first-order valence-corrected chi connectivity index (χ1v) is 5.94. The number of hydrogen-bond donors (Lipinski definition) is 1. The molecule has 0 spiro atoms. The average molecular weight is 204 g/mol. The largest absolute Gasteiger partial charge is 0.316 e. The van der Waals surface area contributed by atoms with Crippen LogP contribution in [0, 0.1) is 5.92 Å². The summed E-state index contributed by atoms with van der Waals surface area (Å²) >= 11 is 0. The van der Waals surface area contributed by atoms with Gasteiger partial charge >= 0.3 is 0 Å². The van der Waals surface area contributed by atoms with Crippen molar-refractivity contribution in [1.82, 2.24) is 10.3 Å². The summed E-state index contributed by atoms with van der Waals surface area (Å²) in [5, 5.41) is 3.49. The second-order valence-corrected chi connectivity index (χ2v) is 4.48. The van der Waals surface area contributed by atoms with E-state index in [2.05, 4.69) is 36.3 Å². The lowest BCUT2D eigenvalue weighted by Gasteiger charge is -2.18. The normalized spacial score (nSPS) is 29.1. The minimum Gasteiger partial charge on any atom is -0.316 e. The Morgan fingerprint density at radius 2 is 2.13 bits per heavy atom. The van der Waals surface area contributed by atoms with Crippen LogP contribution in [0.2, 0.25) is 0 Å². The fraction of sp³-hybridized carbons (Fsp3) is 0.615. The predicted octanol–water partition coefficient (Wildman–Crippen LogP) is 2.36. The summed E-state index contributed by atoms with van der Waals surface area (Å²) in [6.07, 6.45) is 6.44. The van der Waals surface area contributed by atoms with E-state index in [9.17, 15) is 0 Å². The number of pyridine rings is 1. The monoisotopic (exact) mass is 204 g/mol. The highest BCUT2D eigenvalue weighted by Gasteiger charge is 2.53. The van der Waals surface area contributed by atoms with Gasteiger partial charge in [-0.15, -0.1) is 0 Å². The van der Waals surface area contributed by atoms with Crippen LogP contribution in [0.1, 0.15) is 32.3 Å². The lowest BCUT2D eigenvalue weighted by atomic mass is 9.93. The Hall–Kier alpha value is -0.890. The van der Waals surface area contributed by atoms with Crippen LogP contribution in [0.4, 0.5) is 0 Å². The third-order valence-corrected chi connectivity index (χ3v) is 3.67. The maximum Gasteiger partial charge on any atom is 0.0270 e. The molecule has 0 bridgehead atoms. The topological polar surface area (TPSA) is 24.9 Å². The maximum atomic E-state index is 4.10. The van der Waals surface area contributed by atoms with E-state index in [-0.39, 0.29) is 0 Å². The minimum atomic E-state index is 0.410. The van der Waals surface area contributed by atoms with Crippen LogP contribution in [-0.2, 0) is 5.41 Å². The van der Waals surface area contributed by atoms with Gasteiger partial charge in [-0.3, -0.25) is 4.98 Å². The van der Waals surface area contributed by atoms with Crippen molar-refractivity contribution in [2.24, 2.45) is 5.92 Å². The summed E-state index contributed by atoms with van der Waals surface area (Å²) in [7, 11) is 0. The molecule has 2 nitrogen and oxygen atoms in total. The van der Waals surface area contributed by atoms with Crippen LogP contribution in [0.5, 0.6) is 0 Å². The predicted molar refractivity (Wildman–Crippen MR) is 62.9 cm³/mol. The van der Waals surface area contributed by atoms with Crippen LogP contribution >= 0.6 is 0 Å². The summed E-state index contributed by atoms with van der Waals surface area (Å²) in [6.45, 7) is 6.64. The molecule has 1 N–H and O–H groups in total. The molecule has 15 heavy (non-hydrogen) atoms. The van der Waals surface area contributed by atoms with Gasteiger partial charge in [0, 0.05) is 24.4 Å². The molecule has 2 rings (SSSR count). The molecular formula is C13H20N2. The molecule has 1 aliphatic rings. The van der Waals surface area contributed by atoms with E-state index in [0.717, 1.165) is 19.0 Å². The summed E-state index contributed by atoms with van der Waals surface area (Å²) in [4.78, 5) is 4.10. The van der Waals surface area contributed by atoms with E-state index >= 15 is 0 Å². The van der Waals surface area contributed by atoms with Crippen LogP contribution in [0.3, 0.4) is 0 Å². The highest BCUT2D eigenvalue weighted by Crippen LogP contribution is 2.55. The molecule has 1 saturated carbocycles. The molecule has 2 heteroatoms. The first kappa shape index (κ1) is 10.6. The number of likely N-dealkylation sites (N-methyl/N-ethyl adjacent to an activating group) is 1. The maximum absolute atomic E-state index is 4.10. The lowest BCUT2D eigenvalue weighted by Crippen LogP contribution is -2.28. The third-order valence-electron chi connectivity index (χ3n) is 3.67. The number of nitrogens with one attached hydrogen (secondary N) is 1.